The first kappa shape index (κ1) is 23.5. The predicted molar refractivity (Wildman–Crippen MR) is 117 cm³/mol. The van der Waals surface area contributed by atoms with E-state index in [2.05, 4.69) is 35.7 Å². The highest BCUT2D eigenvalue weighted by Gasteiger charge is 2.34. The zero-order valence-corrected chi connectivity index (χ0v) is 19.0. The molecule has 2 N–H and O–H groups in total. The van der Waals surface area contributed by atoms with Crippen molar-refractivity contribution in [2.75, 3.05) is 5.32 Å². The van der Waals surface area contributed by atoms with Crippen LogP contribution in [0.2, 0.25) is 5.02 Å². The van der Waals surface area contributed by atoms with Gasteiger partial charge in [0.15, 0.2) is 5.65 Å². The summed E-state index contributed by atoms with van der Waals surface area (Å²) in [5.74, 6) is -1.50. The molecule has 0 unspecified atom stereocenters. The molecule has 0 radical (unpaired) electrons. The molecule has 4 rings (SSSR count). The second kappa shape index (κ2) is 8.95. The van der Waals surface area contributed by atoms with Crippen molar-refractivity contribution < 1.29 is 22.8 Å². The van der Waals surface area contributed by atoms with E-state index in [1.807, 2.05) is 0 Å². The molecule has 0 aromatic carbocycles. The molecule has 0 fully saturated rings. The molecule has 4 heterocycles. The summed E-state index contributed by atoms with van der Waals surface area (Å²) in [6.45, 7) is 1.74. The molecule has 0 saturated heterocycles. The van der Waals surface area contributed by atoms with Gasteiger partial charge in [-0.2, -0.15) is 18.3 Å². The molecule has 0 aliphatic heterocycles. The molecule has 10 nitrogen and oxygen atoms in total. The summed E-state index contributed by atoms with van der Waals surface area (Å²) in [7, 11) is 1.70. The number of amides is 2. The highest BCUT2D eigenvalue weighted by molar-refractivity contribution is 7.13. The Labute approximate surface area is 198 Å². The molecule has 4 aromatic rings. The Bertz CT molecular complexity index is 1420. The number of alkyl halides is 3. The fraction of sp³-hybridized carbons (Fsp3) is 0.211. The second-order valence-electron chi connectivity index (χ2n) is 6.93. The number of pyridine rings is 1. The SMILES string of the molecule is Cc1nn(C)c2ncnc(C(=O)NCc3ncc(C(=O)Nc4cc(C(F)(F)F)c(Cl)cn4)s3)c12. The van der Waals surface area contributed by atoms with Gasteiger partial charge in [0.1, 0.15) is 27.7 Å². The fourth-order valence-electron chi connectivity index (χ4n) is 3.09. The number of anilines is 1. The van der Waals surface area contributed by atoms with Crippen LogP contribution in [0.3, 0.4) is 0 Å². The number of aromatic nitrogens is 6. The van der Waals surface area contributed by atoms with Crippen molar-refractivity contribution in [2.24, 2.45) is 7.05 Å². The number of carbonyl (C=O) groups is 2. The van der Waals surface area contributed by atoms with E-state index >= 15 is 0 Å². The zero-order valence-electron chi connectivity index (χ0n) is 17.4. The van der Waals surface area contributed by atoms with Crippen molar-refractivity contribution in [3.05, 3.63) is 56.6 Å². The average Bonchev–Trinajstić information content (AvgIpc) is 3.37. The van der Waals surface area contributed by atoms with Crippen molar-refractivity contribution in [2.45, 2.75) is 19.6 Å². The fourth-order valence-corrected chi connectivity index (χ4v) is 4.05. The summed E-state index contributed by atoms with van der Waals surface area (Å²) in [6.07, 6.45) is -1.38. The minimum Gasteiger partial charge on any atom is -0.344 e. The minimum absolute atomic E-state index is 0.000989. The van der Waals surface area contributed by atoms with E-state index in [1.165, 1.54) is 12.5 Å². The van der Waals surface area contributed by atoms with Gasteiger partial charge in [0.2, 0.25) is 0 Å². The maximum atomic E-state index is 13.0. The first-order chi connectivity index (χ1) is 16.0. The Balaban J connectivity index is 1.43. The third kappa shape index (κ3) is 4.68. The molecule has 0 spiro atoms. The van der Waals surface area contributed by atoms with Gasteiger partial charge >= 0.3 is 6.18 Å². The van der Waals surface area contributed by atoms with E-state index < -0.39 is 28.6 Å². The van der Waals surface area contributed by atoms with E-state index in [9.17, 15) is 22.8 Å². The van der Waals surface area contributed by atoms with Gasteiger partial charge in [0, 0.05) is 13.2 Å². The molecule has 176 valence electrons. The maximum Gasteiger partial charge on any atom is 0.418 e. The van der Waals surface area contributed by atoms with Crippen LogP contribution in [0, 0.1) is 6.92 Å². The van der Waals surface area contributed by atoms with Crippen LogP contribution < -0.4 is 10.6 Å². The largest absolute Gasteiger partial charge is 0.418 e. The van der Waals surface area contributed by atoms with E-state index in [0.717, 1.165) is 17.5 Å². The first-order valence-corrected chi connectivity index (χ1v) is 10.7. The van der Waals surface area contributed by atoms with E-state index in [4.69, 9.17) is 11.6 Å². The number of nitrogens with zero attached hydrogens (tertiary/aromatic N) is 6. The summed E-state index contributed by atoms with van der Waals surface area (Å²) in [5.41, 5.74) is 0.144. The highest BCUT2D eigenvalue weighted by atomic mass is 35.5. The van der Waals surface area contributed by atoms with Crippen LogP contribution in [0.1, 0.15) is 36.4 Å². The molecular weight excluding hydrogens is 497 g/mol. The summed E-state index contributed by atoms with van der Waals surface area (Å²) < 4.78 is 40.5. The predicted octanol–water partition coefficient (Wildman–Crippen LogP) is 3.38. The van der Waals surface area contributed by atoms with Crippen LogP contribution in [0.5, 0.6) is 0 Å². The Morgan fingerprint density at radius 3 is 2.65 bits per heavy atom. The number of fused-ring (bicyclic) bond motifs is 1. The molecule has 0 atom stereocenters. The van der Waals surface area contributed by atoms with Gasteiger partial charge in [-0.25, -0.2) is 19.9 Å². The molecule has 0 aliphatic carbocycles. The van der Waals surface area contributed by atoms with Gasteiger partial charge in [-0.1, -0.05) is 11.6 Å². The number of thiazole rings is 1. The molecule has 15 heteroatoms. The molecule has 0 aliphatic rings. The number of carbonyl (C=O) groups excluding carboxylic acids is 2. The minimum atomic E-state index is -4.70. The van der Waals surface area contributed by atoms with E-state index in [0.29, 0.717) is 27.8 Å². The van der Waals surface area contributed by atoms with Crippen molar-refractivity contribution in [1.29, 1.82) is 0 Å². The topological polar surface area (TPSA) is 128 Å². The van der Waals surface area contributed by atoms with Gasteiger partial charge in [-0.15, -0.1) is 11.3 Å². The van der Waals surface area contributed by atoms with Crippen LogP contribution in [-0.2, 0) is 19.8 Å². The summed E-state index contributed by atoms with van der Waals surface area (Å²) >= 11 is 6.49. The van der Waals surface area contributed by atoms with Crippen molar-refractivity contribution >= 4 is 51.6 Å². The number of rotatable bonds is 5. The molecule has 4 aromatic heterocycles. The van der Waals surface area contributed by atoms with Gasteiger partial charge in [-0.05, 0) is 13.0 Å². The molecule has 0 saturated carbocycles. The number of aryl methyl sites for hydroxylation is 2. The summed E-state index contributed by atoms with van der Waals surface area (Å²) in [5, 5.41) is 9.53. The standard InChI is InChI=1S/C19H14ClF3N8O2S/c1-8-14-15(27-7-28-16(14)31(2)30-8)18(33)26-6-13-25-5-11(34-13)17(32)29-12-3-9(19(21,22)23)10(20)4-24-12/h3-5,7H,6H2,1-2H3,(H,26,33)(H,24,29,32). The Hall–Kier alpha value is -3.65. The van der Waals surface area contributed by atoms with Crippen LogP contribution in [0.25, 0.3) is 11.0 Å². The number of nitrogens with one attached hydrogen (secondary N) is 2. The van der Waals surface area contributed by atoms with E-state index in [1.54, 1.807) is 18.7 Å². The third-order valence-electron chi connectivity index (χ3n) is 4.59. The first-order valence-electron chi connectivity index (χ1n) is 9.46. The Kier molecular flexibility index (Phi) is 6.18. The van der Waals surface area contributed by atoms with E-state index in [-0.39, 0.29) is 22.9 Å². The van der Waals surface area contributed by atoms with Crippen molar-refractivity contribution in [1.82, 2.24) is 35.0 Å². The Morgan fingerprint density at radius 1 is 1.15 bits per heavy atom. The monoisotopic (exact) mass is 510 g/mol. The highest BCUT2D eigenvalue weighted by Crippen LogP contribution is 2.35. The zero-order chi connectivity index (χ0) is 24.6. The molecule has 34 heavy (non-hydrogen) atoms. The van der Waals surface area contributed by atoms with Crippen LogP contribution in [-0.4, -0.2) is 41.5 Å². The molecule has 2 amide bonds. The van der Waals surface area contributed by atoms with Crippen LogP contribution in [0.15, 0.2) is 24.8 Å². The van der Waals surface area contributed by atoms with Gasteiger partial charge < -0.3 is 10.6 Å². The smallest absolute Gasteiger partial charge is 0.344 e. The number of hydrogen-bond donors (Lipinski definition) is 2. The lowest BCUT2D eigenvalue weighted by atomic mass is 10.2. The lowest BCUT2D eigenvalue weighted by molar-refractivity contribution is -0.137. The lowest BCUT2D eigenvalue weighted by Gasteiger charge is -2.10. The Morgan fingerprint density at radius 2 is 1.91 bits per heavy atom. The third-order valence-corrected chi connectivity index (χ3v) is 5.89. The van der Waals surface area contributed by atoms with Crippen LogP contribution >= 0.6 is 22.9 Å². The van der Waals surface area contributed by atoms with Gasteiger partial charge in [0.05, 0.1) is 34.4 Å². The van der Waals surface area contributed by atoms with Crippen molar-refractivity contribution in [3.8, 4) is 0 Å². The van der Waals surface area contributed by atoms with Gasteiger partial charge in [0.25, 0.3) is 11.8 Å². The number of hydrogen-bond acceptors (Lipinski definition) is 8. The second-order valence-corrected chi connectivity index (χ2v) is 8.45. The average molecular weight is 511 g/mol. The maximum absolute atomic E-state index is 13.0. The number of halogens is 4. The normalized spacial score (nSPS) is 11.6. The quantitative estimate of drug-likeness (QED) is 0.421. The lowest BCUT2D eigenvalue weighted by Crippen LogP contribution is -2.24. The van der Waals surface area contributed by atoms with Crippen LogP contribution in [0.4, 0.5) is 19.0 Å². The summed E-state index contributed by atoms with van der Waals surface area (Å²) in [4.78, 5) is 41.1. The van der Waals surface area contributed by atoms with Crippen molar-refractivity contribution in [3.63, 3.8) is 0 Å². The molecular formula is C19H14ClF3N8O2S. The summed E-state index contributed by atoms with van der Waals surface area (Å²) in [6, 6.07) is 0.644. The molecule has 0 bridgehead atoms. The van der Waals surface area contributed by atoms with Gasteiger partial charge in [-0.3, -0.25) is 14.3 Å².